The third kappa shape index (κ3) is 3.56. The molecule has 2 atom stereocenters. The number of rotatable bonds is 3. The number of aliphatic hydroxyl groups is 1. The van der Waals surface area contributed by atoms with Crippen molar-refractivity contribution in [3.8, 4) is 0 Å². The van der Waals surface area contributed by atoms with E-state index in [1.165, 1.54) is 23.9 Å². The van der Waals surface area contributed by atoms with Gasteiger partial charge in [-0.15, -0.1) is 0 Å². The zero-order valence-electron chi connectivity index (χ0n) is 13.0. The zero-order valence-corrected chi connectivity index (χ0v) is 13.8. The molecular formula is C16H19FN4OS. The molecule has 2 heterocycles. The number of hydrogen-bond acceptors (Lipinski definition) is 6. The fourth-order valence-electron chi connectivity index (χ4n) is 2.58. The summed E-state index contributed by atoms with van der Waals surface area (Å²) < 4.78 is 13.0. The first-order chi connectivity index (χ1) is 10.8. The topological polar surface area (TPSA) is 75.3 Å². The van der Waals surface area contributed by atoms with E-state index in [9.17, 15) is 9.50 Å². The Labute approximate surface area is 138 Å². The molecule has 0 bridgehead atoms. The highest BCUT2D eigenvalue weighted by Crippen LogP contribution is 2.33. The van der Waals surface area contributed by atoms with Crippen LogP contribution in [0.2, 0.25) is 0 Å². The summed E-state index contributed by atoms with van der Waals surface area (Å²) in [6, 6.07) is 8.06. The molecule has 3 rings (SSSR count). The van der Waals surface area contributed by atoms with E-state index >= 15 is 0 Å². The fraction of sp³-hybridized carbons (Fsp3) is 0.375. The van der Waals surface area contributed by atoms with Crippen LogP contribution in [0.25, 0.3) is 0 Å². The molecule has 0 radical (unpaired) electrons. The molecule has 0 unspecified atom stereocenters. The summed E-state index contributed by atoms with van der Waals surface area (Å²) in [4.78, 5) is 11.4. The minimum absolute atomic E-state index is 0.145. The number of anilines is 2. The number of nitrogen functional groups attached to an aromatic ring is 1. The predicted molar refractivity (Wildman–Crippen MR) is 89.0 cm³/mol. The molecular weight excluding hydrogens is 315 g/mol. The van der Waals surface area contributed by atoms with Gasteiger partial charge < -0.3 is 15.7 Å². The van der Waals surface area contributed by atoms with Gasteiger partial charge in [-0.25, -0.2) is 9.37 Å². The number of aromatic nitrogens is 2. The summed E-state index contributed by atoms with van der Waals surface area (Å²) in [6.07, 6.45) is 0. The van der Waals surface area contributed by atoms with E-state index in [0.29, 0.717) is 23.9 Å². The molecule has 7 heteroatoms. The fourth-order valence-corrected chi connectivity index (χ4v) is 3.39. The van der Waals surface area contributed by atoms with E-state index in [1.807, 2.05) is 24.8 Å². The molecule has 1 aliphatic heterocycles. The van der Waals surface area contributed by atoms with E-state index < -0.39 is 5.60 Å². The van der Waals surface area contributed by atoms with Crippen molar-refractivity contribution in [1.29, 1.82) is 0 Å². The Morgan fingerprint density at radius 3 is 2.65 bits per heavy atom. The number of nitrogens with zero attached hydrogens (tertiary/aromatic N) is 3. The molecule has 23 heavy (non-hydrogen) atoms. The second-order valence-electron chi connectivity index (χ2n) is 6.12. The third-order valence-electron chi connectivity index (χ3n) is 4.13. The molecule has 1 saturated heterocycles. The quantitative estimate of drug-likeness (QED) is 0.840. The summed E-state index contributed by atoms with van der Waals surface area (Å²) in [6.45, 7) is 5.06. The van der Waals surface area contributed by atoms with Gasteiger partial charge >= 0.3 is 0 Å². The maximum absolute atomic E-state index is 13.0. The molecule has 122 valence electrons. The average Bonchev–Trinajstić information content (AvgIpc) is 2.75. The third-order valence-corrected chi connectivity index (χ3v) is 5.06. The van der Waals surface area contributed by atoms with Crippen molar-refractivity contribution in [3.63, 3.8) is 0 Å². The van der Waals surface area contributed by atoms with Gasteiger partial charge in [-0.05, 0) is 31.2 Å². The van der Waals surface area contributed by atoms with Crippen LogP contribution in [-0.4, -0.2) is 33.8 Å². The maximum atomic E-state index is 13.0. The van der Waals surface area contributed by atoms with Gasteiger partial charge in [-0.1, -0.05) is 18.7 Å². The van der Waals surface area contributed by atoms with Crippen LogP contribution in [0.5, 0.6) is 0 Å². The van der Waals surface area contributed by atoms with E-state index in [2.05, 4.69) is 9.97 Å². The minimum atomic E-state index is -0.746. The molecule has 1 fully saturated rings. The Balaban J connectivity index is 1.83. The molecule has 0 aliphatic carbocycles. The van der Waals surface area contributed by atoms with Crippen molar-refractivity contribution in [2.75, 3.05) is 23.7 Å². The number of benzene rings is 1. The highest BCUT2D eigenvalue weighted by molar-refractivity contribution is 7.99. The highest BCUT2D eigenvalue weighted by Gasteiger charge is 2.39. The van der Waals surface area contributed by atoms with Gasteiger partial charge in [0.15, 0.2) is 0 Å². The number of halogens is 1. The van der Waals surface area contributed by atoms with Gasteiger partial charge in [0.2, 0.25) is 5.95 Å². The molecule has 5 nitrogen and oxygen atoms in total. The minimum Gasteiger partial charge on any atom is -0.388 e. The number of hydrogen-bond donors (Lipinski definition) is 2. The van der Waals surface area contributed by atoms with Gasteiger partial charge in [0.1, 0.15) is 16.7 Å². The standard InChI is InChI=1S/C16H19FN4OS/c1-10-8-21(9-16(10,2)22)13-7-14(20-15(18)19-13)23-12-5-3-11(17)4-6-12/h3-7,10,22H,8-9H2,1-2H3,(H2,18,19,20)/t10-,16+/m1/s1. The zero-order chi connectivity index (χ0) is 16.6. The number of nitrogens with two attached hydrogens (primary N) is 1. The SMILES string of the molecule is C[C@@H]1CN(c2cc(Sc3ccc(F)cc3)nc(N)n2)C[C@]1(C)O. The van der Waals surface area contributed by atoms with Gasteiger partial charge in [0.05, 0.1) is 5.60 Å². The first kappa shape index (κ1) is 16.0. The van der Waals surface area contributed by atoms with E-state index in [-0.39, 0.29) is 17.7 Å². The average molecular weight is 334 g/mol. The van der Waals surface area contributed by atoms with Crippen LogP contribution < -0.4 is 10.6 Å². The van der Waals surface area contributed by atoms with Crippen molar-refractivity contribution in [3.05, 3.63) is 36.1 Å². The largest absolute Gasteiger partial charge is 0.388 e. The van der Waals surface area contributed by atoms with Crippen molar-refractivity contribution < 1.29 is 9.50 Å². The van der Waals surface area contributed by atoms with Gasteiger partial charge in [0.25, 0.3) is 0 Å². The smallest absolute Gasteiger partial charge is 0.223 e. The Hall–Kier alpha value is -1.86. The van der Waals surface area contributed by atoms with Gasteiger partial charge in [-0.3, -0.25) is 0 Å². The molecule has 2 aromatic rings. The van der Waals surface area contributed by atoms with Crippen LogP contribution in [-0.2, 0) is 0 Å². The lowest BCUT2D eigenvalue weighted by molar-refractivity contribution is 0.0443. The molecule has 0 saturated carbocycles. The van der Waals surface area contributed by atoms with E-state index in [4.69, 9.17) is 5.73 Å². The predicted octanol–water partition coefficient (Wildman–Crippen LogP) is 2.56. The first-order valence-electron chi connectivity index (χ1n) is 7.39. The van der Waals surface area contributed by atoms with Crippen LogP contribution in [0.15, 0.2) is 40.3 Å². The van der Waals surface area contributed by atoms with Crippen LogP contribution in [0.4, 0.5) is 16.2 Å². The molecule has 1 aliphatic rings. The van der Waals surface area contributed by atoms with Gasteiger partial charge in [0, 0.05) is 30.0 Å². The second kappa shape index (κ2) is 5.98. The van der Waals surface area contributed by atoms with Crippen LogP contribution in [0.3, 0.4) is 0 Å². The maximum Gasteiger partial charge on any atom is 0.223 e. The van der Waals surface area contributed by atoms with Crippen molar-refractivity contribution in [2.45, 2.75) is 29.4 Å². The van der Waals surface area contributed by atoms with Gasteiger partial charge in [-0.2, -0.15) is 4.98 Å². The lowest BCUT2D eigenvalue weighted by atomic mass is 9.95. The summed E-state index contributed by atoms with van der Waals surface area (Å²) >= 11 is 1.40. The number of β-amino-alcohol motifs (C(OH)–C–C–N with tert-alkyl or cyclic N) is 1. The molecule has 0 spiro atoms. The molecule has 0 amide bonds. The lowest BCUT2D eigenvalue weighted by Gasteiger charge is -2.21. The Kier molecular flexibility index (Phi) is 4.16. The second-order valence-corrected chi connectivity index (χ2v) is 7.21. The molecule has 1 aromatic carbocycles. The molecule has 3 N–H and O–H groups in total. The van der Waals surface area contributed by atoms with Crippen LogP contribution in [0, 0.1) is 11.7 Å². The van der Waals surface area contributed by atoms with Crippen molar-refractivity contribution in [2.24, 2.45) is 5.92 Å². The monoisotopic (exact) mass is 334 g/mol. The van der Waals surface area contributed by atoms with Crippen molar-refractivity contribution in [1.82, 2.24) is 9.97 Å². The van der Waals surface area contributed by atoms with E-state index in [1.54, 1.807) is 12.1 Å². The lowest BCUT2D eigenvalue weighted by Crippen LogP contribution is -2.33. The van der Waals surface area contributed by atoms with Crippen LogP contribution in [0.1, 0.15) is 13.8 Å². The molecule has 1 aromatic heterocycles. The Bertz CT molecular complexity index is 708. The van der Waals surface area contributed by atoms with Crippen molar-refractivity contribution >= 4 is 23.5 Å². The highest BCUT2D eigenvalue weighted by atomic mass is 32.2. The summed E-state index contributed by atoms with van der Waals surface area (Å²) in [5, 5.41) is 11.0. The summed E-state index contributed by atoms with van der Waals surface area (Å²) in [5.41, 5.74) is 5.08. The first-order valence-corrected chi connectivity index (χ1v) is 8.20. The summed E-state index contributed by atoms with van der Waals surface area (Å²) in [7, 11) is 0. The normalized spacial score (nSPS) is 24.2. The Morgan fingerprint density at radius 1 is 1.35 bits per heavy atom. The van der Waals surface area contributed by atoms with E-state index in [0.717, 1.165) is 4.90 Å². The van der Waals surface area contributed by atoms with Crippen LogP contribution >= 0.6 is 11.8 Å². The summed E-state index contributed by atoms with van der Waals surface area (Å²) in [5.74, 6) is 0.760. The Morgan fingerprint density at radius 2 is 2.04 bits per heavy atom.